The van der Waals surface area contributed by atoms with E-state index in [2.05, 4.69) is 16.0 Å². The van der Waals surface area contributed by atoms with Gasteiger partial charge in [0.1, 0.15) is 6.04 Å². The van der Waals surface area contributed by atoms with E-state index in [4.69, 9.17) is 11.5 Å². The van der Waals surface area contributed by atoms with Gasteiger partial charge in [0.2, 0.25) is 11.8 Å². The van der Waals surface area contributed by atoms with Gasteiger partial charge in [0.25, 0.3) is 0 Å². The summed E-state index contributed by atoms with van der Waals surface area (Å²) in [7, 11) is 0. The van der Waals surface area contributed by atoms with Gasteiger partial charge in [0.15, 0.2) is 0 Å². The molecule has 1 atom stereocenters. The molecule has 0 aromatic heterocycles. The lowest BCUT2D eigenvalue weighted by Gasteiger charge is -2.19. The Morgan fingerprint density at radius 1 is 1.00 bits per heavy atom. The summed E-state index contributed by atoms with van der Waals surface area (Å²) >= 11 is 0. The van der Waals surface area contributed by atoms with Crippen molar-refractivity contribution in [3.05, 3.63) is 35.9 Å². The van der Waals surface area contributed by atoms with Crippen LogP contribution in [-0.2, 0) is 16.0 Å². The summed E-state index contributed by atoms with van der Waals surface area (Å²) in [4.78, 5) is 24.4. The van der Waals surface area contributed by atoms with E-state index >= 15 is 0 Å². The summed E-state index contributed by atoms with van der Waals surface area (Å²) in [6.07, 6.45) is 1.96. The van der Waals surface area contributed by atoms with Crippen molar-refractivity contribution >= 4 is 11.8 Å². The molecule has 1 aromatic rings. The van der Waals surface area contributed by atoms with E-state index in [0.29, 0.717) is 39.0 Å². The molecule has 0 heterocycles. The van der Waals surface area contributed by atoms with Crippen LogP contribution >= 0.6 is 0 Å². The molecule has 1 aromatic carbocycles. The van der Waals surface area contributed by atoms with Crippen LogP contribution in [-0.4, -0.2) is 50.6 Å². The number of hydrogen-bond acceptors (Lipinski definition) is 5. The first-order valence-electron chi connectivity index (χ1n) is 8.39. The zero-order valence-electron chi connectivity index (χ0n) is 14.1. The number of rotatable bonds is 12. The Bertz CT molecular complexity index is 481. The van der Waals surface area contributed by atoms with Crippen LogP contribution in [0, 0.1) is 0 Å². The van der Waals surface area contributed by atoms with Crippen LogP contribution in [0.4, 0.5) is 0 Å². The molecule has 0 spiro atoms. The molecule has 134 valence electrons. The second-order valence-electron chi connectivity index (χ2n) is 5.56. The molecule has 0 radical (unpaired) electrons. The first kappa shape index (κ1) is 20.1. The number of nitrogens with one attached hydrogen (secondary N) is 3. The molecule has 1 rings (SSSR count). The number of benzene rings is 1. The molecule has 0 aliphatic heterocycles. The summed E-state index contributed by atoms with van der Waals surface area (Å²) in [6, 6.07) is 9.01. The molecule has 7 nitrogen and oxygen atoms in total. The Morgan fingerprint density at radius 2 is 1.67 bits per heavy atom. The van der Waals surface area contributed by atoms with Crippen LogP contribution in [0.25, 0.3) is 0 Å². The standard InChI is InChI=1S/C17H29N5O2/c18-8-4-10-20-13-16(23)22-15(17(24)21-11-5-9-19)12-14-6-2-1-3-7-14/h1-3,6-7,15,20H,4-5,8-13,18-19H2,(H,21,24)(H,22,23)/t15-/m0/s1. The van der Waals surface area contributed by atoms with Gasteiger partial charge in [-0.2, -0.15) is 0 Å². The highest BCUT2D eigenvalue weighted by Gasteiger charge is 2.20. The van der Waals surface area contributed by atoms with Crippen molar-refractivity contribution < 1.29 is 9.59 Å². The highest BCUT2D eigenvalue weighted by Crippen LogP contribution is 2.03. The van der Waals surface area contributed by atoms with Crippen LogP contribution in [0.15, 0.2) is 30.3 Å². The van der Waals surface area contributed by atoms with Crippen LogP contribution in [0.2, 0.25) is 0 Å². The van der Waals surface area contributed by atoms with Crippen molar-refractivity contribution in [2.75, 3.05) is 32.7 Å². The fourth-order valence-electron chi connectivity index (χ4n) is 2.17. The molecule has 7 heteroatoms. The van der Waals surface area contributed by atoms with Gasteiger partial charge < -0.3 is 27.4 Å². The summed E-state index contributed by atoms with van der Waals surface area (Å²) in [5.41, 5.74) is 11.8. The third-order valence-corrected chi connectivity index (χ3v) is 3.46. The molecule has 0 aliphatic rings. The monoisotopic (exact) mass is 335 g/mol. The Hall–Kier alpha value is -1.96. The zero-order valence-corrected chi connectivity index (χ0v) is 14.1. The molecule has 0 aliphatic carbocycles. The van der Waals surface area contributed by atoms with E-state index < -0.39 is 6.04 Å². The maximum Gasteiger partial charge on any atom is 0.242 e. The topological polar surface area (TPSA) is 122 Å². The first-order valence-corrected chi connectivity index (χ1v) is 8.39. The SMILES string of the molecule is NCCCNCC(=O)N[C@@H](Cc1ccccc1)C(=O)NCCCN. The van der Waals surface area contributed by atoms with Gasteiger partial charge >= 0.3 is 0 Å². The lowest BCUT2D eigenvalue weighted by atomic mass is 10.1. The minimum absolute atomic E-state index is 0.168. The van der Waals surface area contributed by atoms with Crippen molar-refractivity contribution in [2.45, 2.75) is 25.3 Å². The van der Waals surface area contributed by atoms with E-state index in [0.717, 1.165) is 12.0 Å². The van der Waals surface area contributed by atoms with E-state index in [1.165, 1.54) is 0 Å². The Balaban J connectivity index is 2.56. The predicted molar refractivity (Wildman–Crippen MR) is 95.3 cm³/mol. The molecule has 0 saturated carbocycles. The summed E-state index contributed by atoms with van der Waals surface area (Å²) in [5, 5.41) is 8.61. The normalized spacial score (nSPS) is 11.8. The van der Waals surface area contributed by atoms with Gasteiger partial charge in [0, 0.05) is 13.0 Å². The van der Waals surface area contributed by atoms with E-state index in [-0.39, 0.29) is 18.4 Å². The lowest BCUT2D eigenvalue weighted by molar-refractivity contribution is -0.128. The number of carbonyl (C=O) groups excluding carboxylic acids is 2. The van der Waals surface area contributed by atoms with Crippen LogP contribution < -0.4 is 27.4 Å². The maximum absolute atomic E-state index is 12.3. The minimum Gasteiger partial charge on any atom is -0.354 e. The minimum atomic E-state index is -0.603. The van der Waals surface area contributed by atoms with Crippen molar-refractivity contribution in [3.8, 4) is 0 Å². The van der Waals surface area contributed by atoms with Gasteiger partial charge in [-0.05, 0) is 38.0 Å². The third kappa shape index (κ3) is 8.61. The fourth-order valence-corrected chi connectivity index (χ4v) is 2.17. The number of carbonyl (C=O) groups is 2. The second kappa shape index (κ2) is 12.5. The first-order chi connectivity index (χ1) is 11.7. The summed E-state index contributed by atoms with van der Waals surface area (Å²) in [6.45, 7) is 2.44. The van der Waals surface area contributed by atoms with Crippen molar-refractivity contribution in [1.29, 1.82) is 0 Å². The maximum atomic E-state index is 12.3. The molecular weight excluding hydrogens is 306 g/mol. The molecule has 7 N–H and O–H groups in total. The van der Waals surface area contributed by atoms with Crippen molar-refractivity contribution in [2.24, 2.45) is 11.5 Å². The lowest BCUT2D eigenvalue weighted by Crippen LogP contribution is -2.50. The fraction of sp³-hybridized carbons (Fsp3) is 0.529. The molecule has 0 fully saturated rings. The highest BCUT2D eigenvalue weighted by molar-refractivity contribution is 5.88. The average molecular weight is 335 g/mol. The third-order valence-electron chi connectivity index (χ3n) is 3.46. The average Bonchev–Trinajstić information content (AvgIpc) is 2.59. The molecular formula is C17H29N5O2. The van der Waals surface area contributed by atoms with E-state index in [1.54, 1.807) is 0 Å². The summed E-state index contributed by atoms with van der Waals surface area (Å²) in [5.74, 6) is -0.399. The van der Waals surface area contributed by atoms with Gasteiger partial charge in [-0.1, -0.05) is 30.3 Å². The Kier molecular flexibility index (Phi) is 10.4. The van der Waals surface area contributed by atoms with Crippen LogP contribution in [0.1, 0.15) is 18.4 Å². The molecule has 24 heavy (non-hydrogen) atoms. The Morgan fingerprint density at radius 3 is 2.33 bits per heavy atom. The number of amides is 2. The van der Waals surface area contributed by atoms with Crippen LogP contribution in [0.5, 0.6) is 0 Å². The zero-order chi connectivity index (χ0) is 17.6. The highest BCUT2D eigenvalue weighted by atomic mass is 16.2. The van der Waals surface area contributed by atoms with Crippen molar-refractivity contribution in [3.63, 3.8) is 0 Å². The van der Waals surface area contributed by atoms with Gasteiger partial charge in [-0.25, -0.2) is 0 Å². The predicted octanol–water partition coefficient (Wildman–Crippen LogP) is -0.883. The van der Waals surface area contributed by atoms with Gasteiger partial charge in [-0.15, -0.1) is 0 Å². The van der Waals surface area contributed by atoms with Gasteiger partial charge in [0.05, 0.1) is 6.54 Å². The van der Waals surface area contributed by atoms with E-state index in [1.807, 2.05) is 30.3 Å². The quantitative estimate of drug-likeness (QED) is 0.317. The van der Waals surface area contributed by atoms with Crippen LogP contribution in [0.3, 0.4) is 0 Å². The number of hydrogen-bond donors (Lipinski definition) is 5. The molecule has 0 unspecified atom stereocenters. The largest absolute Gasteiger partial charge is 0.354 e. The molecule has 0 bridgehead atoms. The smallest absolute Gasteiger partial charge is 0.242 e. The summed E-state index contributed by atoms with van der Waals surface area (Å²) < 4.78 is 0. The molecule has 2 amide bonds. The van der Waals surface area contributed by atoms with E-state index in [9.17, 15) is 9.59 Å². The molecule has 0 saturated heterocycles. The van der Waals surface area contributed by atoms with Gasteiger partial charge in [-0.3, -0.25) is 9.59 Å². The van der Waals surface area contributed by atoms with Crippen molar-refractivity contribution in [1.82, 2.24) is 16.0 Å². The second-order valence-corrected chi connectivity index (χ2v) is 5.56. The Labute approximate surface area is 143 Å². The number of nitrogens with two attached hydrogens (primary N) is 2.